The molecule has 5 heteroatoms. The number of carbonyl (C=O) groups excluding carboxylic acids is 2. The van der Waals surface area contributed by atoms with Gasteiger partial charge in [0.05, 0.1) is 0 Å². The molecule has 5 nitrogen and oxygen atoms in total. The maximum Gasteiger partial charge on any atom is 0.254 e. The normalized spacial score (nSPS) is 13.7. The molecular weight excluding hydrogens is 232 g/mol. The molecule has 18 heavy (non-hydrogen) atoms. The van der Waals surface area contributed by atoms with Gasteiger partial charge >= 0.3 is 0 Å². The van der Waals surface area contributed by atoms with Gasteiger partial charge in [0.1, 0.15) is 6.04 Å². The van der Waals surface area contributed by atoms with Crippen LogP contribution in [0.25, 0.3) is 0 Å². The van der Waals surface area contributed by atoms with E-state index >= 15 is 0 Å². The van der Waals surface area contributed by atoms with Gasteiger partial charge in [0.25, 0.3) is 5.91 Å². The number of rotatable bonds is 6. The summed E-state index contributed by atoms with van der Waals surface area (Å²) in [5, 5.41) is 2.58. The highest BCUT2D eigenvalue weighted by atomic mass is 16.5. The average molecular weight is 250 g/mol. The van der Waals surface area contributed by atoms with E-state index in [4.69, 9.17) is 10.5 Å². The molecule has 0 radical (unpaired) electrons. The van der Waals surface area contributed by atoms with E-state index in [0.29, 0.717) is 6.42 Å². The number of amides is 2. The maximum absolute atomic E-state index is 12.0. The fraction of sp³-hybridized carbons (Fsp3) is 0.385. The van der Waals surface area contributed by atoms with Gasteiger partial charge in [-0.3, -0.25) is 9.59 Å². The lowest BCUT2D eigenvalue weighted by molar-refractivity contribution is -0.135. The second-order valence-corrected chi connectivity index (χ2v) is 3.90. The van der Waals surface area contributed by atoms with Gasteiger partial charge in [-0.15, -0.1) is 0 Å². The van der Waals surface area contributed by atoms with E-state index in [2.05, 4.69) is 5.32 Å². The van der Waals surface area contributed by atoms with Crippen LogP contribution >= 0.6 is 0 Å². The number of hydrogen-bond acceptors (Lipinski definition) is 3. The highest BCUT2D eigenvalue weighted by molar-refractivity contribution is 5.89. The first-order chi connectivity index (χ1) is 8.60. The Balaban J connectivity index is 2.78. The van der Waals surface area contributed by atoms with Gasteiger partial charge in [0.15, 0.2) is 6.10 Å². The molecule has 3 N–H and O–H groups in total. The molecule has 0 saturated heterocycles. The molecule has 0 saturated carbocycles. The van der Waals surface area contributed by atoms with E-state index in [1.165, 1.54) is 7.11 Å². The summed E-state index contributed by atoms with van der Waals surface area (Å²) < 4.78 is 5.16. The highest BCUT2D eigenvalue weighted by Gasteiger charge is 2.24. The largest absolute Gasteiger partial charge is 0.368 e. The summed E-state index contributed by atoms with van der Waals surface area (Å²) in [6.07, 6.45) is -0.286. The first kappa shape index (κ1) is 14.2. The van der Waals surface area contributed by atoms with Crippen molar-refractivity contribution in [1.29, 1.82) is 0 Å². The third-order valence-corrected chi connectivity index (χ3v) is 2.64. The molecule has 0 bridgehead atoms. The monoisotopic (exact) mass is 250 g/mol. The van der Waals surface area contributed by atoms with Crippen LogP contribution in [0.2, 0.25) is 0 Å². The van der Waals surface area contributed by atoms with Crippen molar-refractivity contribution in [1.82, 2.24) is 5.32 Å². The lowest BCUT2D eigenvalue weighted by atomic mass is 10.1. The van der Waals surface area contributed by atoms with Crippen LogP contribution in [0.1, 0.15) is 25.0 Å². The number of nitrogens with one attached hydrogen (secondary N) is 1. The first-order valence-corrected chi connectivity index (χ1v) is 5.77. The molecule has 1 rings (SSSR count). The maximum atomic E-state index is 12.0. The first-order valence-electron chi connectivity index (χ1n) is 5.77. The fourth-order valence-electron chi connectivity index (χ4n) is 1.64. The highest BCUT2D eigenvalue weighted by Crippen LogP contribution is 2.16. The third kappa shape index (κ3) is 3.56. The van der Waals surface area contributed by atoms with Crippen LogP contribution in [0.4, 0.5) is 0 Å². The Morgan fingerprint density at radius 3 is 2.39 bits per heavy atom. The summed E-state index contributed by atoms with van der Waals surface area (Å²) in [6, 6.07) is 8.41. The lowest BCUT2D eigenvalue weighted by Gasteiger charge is -2.19. The van der Waals surface area contributed by atoms with Crippen LogP contribution in [0.15, 0.2) is 30.3 Å². The number of hydrogen-bond donors (Lipinski definition) is 2. The molecule has 0 aromatic heterocycles. The van der Waals surface area contributed by atoms with Gasteiger partial charge in [0, 0.05) is 7.11 Å². The number of methoxy groups -OCH3 is 1. The molecule has 0 unspecified atom stereocenters. The van der Waals surface area contributed by atoms with E-state index in [9.17, 15) is 9.59 Å². The van der Waals surface area contributed by atoms with Crippen molar-refractivity contribution in [3.8, 4) is 0 Å². The molecule has 98 valence electrons. The molecule has 1 aromatic carbocycles. The van der Waals surface area contributed by atoms with Crippen molar-refractivity contribution < 1.29 is 14.3 Å². The number of primary amides is 1. The van der Waals surface area contributed by atoms with E-state index < -0.39 is 18.1 Å². The summed E-state index contributed by atoms with van der Waals surface area (Å²) in [5.41, 5.74) is 5.91. The summed E-state index contributed by atoms with van der Waals surface area (Å²) >= 11 is 0. The lowest BCUT2D eigenvalue weighted by Crippen LogP contribution is -2.46. The molecule has 0 aliphatic rings. The van der Waals surface area contributed by atoms with Crippen molar-refractivity contribution >= 4 is 11.8 Å². The SMILES string of the molecule is CC[C@H](NC(=O)[C@@H](OC)c1ccccc1)C(N)=O. The van der Waals surface area contributed by atoms with Crippen molar-refractivity contribution in [3.05, 3.63) is 35.9 Å². The Labute approximate surface area is 106 Å². The van der Waals surface area contributed by atoms with Gasteiger partial charge in [0.2, 0.25) is 5.91 Å². The Morgan fingerprint density at radius 2 is 1.94 bits per heavy atom. The smallest absolute Gasteiger partial charge is 0.254 e. The minimum Gasteiger partial charge on any atom is -0.368 e. The molecule has 2 atom stereocenters. The van der Waals surface area contributed by atoms with E-state index in [-0.39, 0.29) is 5.91 Å². The molecule has 0 fully saturated rings. The van der Waals surface area contributed by atoms with Crippen LogP contribution in [0.3, 0.4) is 0 Å². The van der Waals surface area contributed by atoms with E-state index in [1.54, 1.807) is 19.1 Å². The molecule has 0 aliphatic heterocycles. The van der Waals surface area contributed by atoms with Gasteiger partial charge in [-0.1, -0.05) is 37.3 Å². The summed E-state index contributed by atoms with van der Waals surface area (Å²) in [4.78, 5) is 23.1. The van der Waals surface area contributed by atoms with Gasteiger partial charge in [-0.05, 0) is 12.0 Å². The van der Waals surface area contributed by atoms with Crippen molar-refractivity contribution in [2.45, 2.75) is 25.5 Å². The molecule has 2 amide bonds. The zero-order chi connectivity index (χ0) is 13.5. The molecule has 0 heterocycles. The summed E-state index contributed by atoms with van der Waals surface area (Å²) in [5.74, 6) is -0.914. The second-order valence-electron chi connectivity index (χ2n) is 3.90. The Morgan fingerprint density at radius 1 is 1.33 bits per heavy atom. The van der Waals surface area contributed by atoms with Crippen LogP contribution in [0.5, 0.6) is 0 Å². The van der Waals surface area contributed by atoms with Crippen LogP contribution in [-0.4, -0.2) is 25.0 Å². The van der Waals surface area contributed by atoms with E-state index in [0.717, 1.165) is 5.56 Å². The van der Waals surface area contributed by atoms with E-state index in [1.807, 2.05) is 18.2 Å². The number of ether oxygens (including phenoxy) is 1. The Hall–Kier alpha value is -1.88. The molecule has 0 spiro atoms. The Bertz CT molecular complexity index is 406. The third-order valence-electron chi connectivity index (χ3n) is 2.64. The van der Waals surface area contributed by atoms with Crippen molar-refractivity contribution in [2.24, 2.45) is 5.73 Å². The number of nitrogens with two attached hydrogens (primary N) is 1. The average Bonchev–Trinajstić information content (AvgIpc) is 2.37. The standard InChI is InChI=1S/C13H18N2O3/c1-3-10(12(14)16)15-13(17)11(18-2)9-7-5-4-6-8-9/h4-8,10-11H,3H2,1-2H3,(H2,14,16)(H,15,17)/t10-,11-/m0/s1. The predicted molar refractivity (Wildman–Crippen MR) is 67.6 cm³/mol. The minimum atomic E-state index is -0.736. The molecule has 1 aromatic rings. The van der Waals surface area contributed by atoms with Crippen molar-refractivity contribution in [2.75, 3.05) is 7.11 Å². The minimum absolute atomic E-state index is 0.366. The van der Waals surface area contributed by atoms with Crippen LogP contribution in [0, 0.1) is 0 Å². The Kier molecular flexibility index (Phi) is 5.32. The van der Waals surface area contributed by atoms with Gasteiger partial charge in [-0.25, -0.2) is 0 Å². The summed E-state index contributed by atoms with van der Waals surface area (Å²) in [6.45, 7) is 1.78. The number of carbonyl (C=O) groups is 2. The number of benzene rings is 1. The zero-order valence-corrected chi connectivity index (χ0v) is 10.6. The quantitative estimate of drug-likeness (QED) is 0.781. The van der Waals surface area contributed by atoms with Crippen LogP contribution < -0.4 is 11.1 Å². The molecular formula is C13H18N2O3. The second kappa shape index (κ2) is 6.76. The topological polar surface area (TPSA) is 81.4 Å². The summed E-state index contributed by atoms with van der Waals surface area (Å²) in [7, 11) is 1.45. The van der Waals surface area contributed by atoms with Gasteiger partial charge in [-0.2, -0.15) is 0 Å². The van der Waals surface area contributed by atoms with Crippen LogP contribution in [-0.2, 0) is 14.3 Å². The van der Waals surface area contributed by atoms with Gasteiger partial charge < -0.3 is 15.8 Å². The van der Waals surface area contributed by atoms with Crippen molar-refractivity contribution in [3.63, 3.8) is 0 Å². The zero-order valence-electron chi connectivity index (χ0n) is 10.6. The molecule has 0 aliphatic carbocycles. The predicted octanol–water partition coefficient (Wildman–Crippen LogP) is 0.754. The fourth-order valence-corrected chi connectivity index (χ4v) is 1.64.